The number of rotatable bonds is 5. The number of carbonyl (C=O) groups is 1. The molecule has 0 radical (unpaired) electrons. The normalized spacial score (nSPS) is 19.8. The zero-order valence-corrected chi connectivity index (χ0v) is 21.4. The summed E-state index contributed by atoms with van der Waals surface area (Å²) in [4.78, 5) is 13.6. The van der Waals surface area contributed by atoms with E-state index in [4.69, 9.17) is 16.3 Å². The maximum atomic E-state index is 11.7. The van der Waals surface area contributed by atoms with Gasteiger partial charge in [0.05, 0.1) is 5.70 Å². The van der Waals surface area contributed by atoms with Crippen LogP contribution in [0.1, 0.15) is 73.6 Å². The van der Waals surface area contributed by atoms with Crippen molar-refractivity contribution < 1.29 is 9.53 Å². The molecule has 2 aliphatic rings. The third-order valence-corrected chi connectivity index (χ3v) is 5.56. The van der Waals surface area contributed by atoms with Crippen molar-refractivity contribution in [3.8, 4) is 5.75 Å². The molecule has 1 fully saturated rings. The summed E-state index contributed by atoms with van der Waals surface area (Å²) in [6.07, 6.45) is 13.4. The van der Waals surface area contributed by atoms with Gasteiger partial charge in [0.1, 0.15) is 11.5 Å². The first-order valence-corrected chi connectivity index (χ1v) is 12.4. The molecule has 32 heavy (non-hydrogen) atoms. The number of carbonyl (C=O) groups excluding carboxylic acids is 1. The zero-order valence-electron chi connectivity index (χ0n) is 20.7. The molecule has 1 aromatic carbocycles. The average molecular weight is 461 g/mol. The van der Waals surface area contributed by atoms with Crippen molar-refractivity contribution >= 4 is 17.5 Å². The van der Waals surface area contributed by atoms with Crippen molar-refractivity contribution in [1.82, 2.24) is 10.2 Å². The molecule has 0 saturated carbocycles. The van der Waals surface area contributed by atoms with E-state index < -0.39 is 0 Å². The van der Waals surface area contributed by atoms with E-state index in [2.05, 4.69) is 38.2 Å². The molecule has 0 bridgehead atoms. The molecule has 1 amide bonds. The molecule has 3 rings (SSSR count). The molecule has 1 aromatic rings. The molecule has 2 unspecified atom stereocenters. The summed E-state index contributed by atoms with van der Waals surface area (Å²) in [7, 11) is 0. The molecule has 1 saturated heterocycles. The predicted octanol–water partition coefficient (Wildman–Crippen LogP) is 7.27. The molecule has 178 valence electrons. The first-order chi connectivity index (χ1) is 15.4. The van der Waals surface area contributed by atoms with Crippen LogP contribution in [0, 0.1) is 0 Å². The van der Waals surface area contributed by atoms with Gasteiger partial charge in [0, 0.05) is 37.0 Å². The van der Waals surface area contributed by atoms with Crippen LogP contribution in [0.15, 0.2) is 60.0 Å². The summed E-state index contributed by atoms with van der Waals surface area (Å²) in [5.74, 6) is 1.81. The van der Waals surface area contributed by atoms with Crippen LogP contribution in [0.2, 0.25) is 5.02 Å². The first-order valence-electron chi connectivity index (χ1n) is 12.0. The number of piperidine rings is 1. The number of likely N-dealkylation sites (tertiary alicyclic amines) is 1. The number of amides is 1. The lowest BCUT2D eigenvalue weighted by Crippen LogP contribution is -2.49. The molecule has 1 N–H and O–H groups in total. The molecular weight excluding hydrogens is 420 g/mol. The predicted molar refractivity (Wildman–Crippen MR) is 137 cm³/mol. The Hall–Kier alpha value is -2.20. The van der Waals surface area contributed by atoms with Crippen molar-refractivity contribution in [2.75, 3.05) is 6.54 Å². The van der Waals surface area contributed by atoms with Crippen LogP contribution in [0.25, 0.3) is 0 Å². The second kappa shape index (κ2) is 15.6. The molecular formula is C27H41ClN2O2. The summed E-state index contributed by atoms with van der Waals surface area (Å²) >= 11 is 5.96. The van der Waals surface area contributed by atoms with Crippen LogP contribution in [0.4, 0.5) is 0 Å². The van der Waals surface area contributed by atoms with E-state index >= 15 is 0 Å². The van der Waals surface area contributed by atoms with Gasteiger partial charge in [-0.15, -0.1) is 0 Å². The molecule has 0 aromatic heterocycles. The Bertz CT molecular complexity index is 766. The zero-order chi connectivity index (χ0) is 23.9. The van der Waals surface area contributed by atoms with Crippen LogP contribution in [-0.2, 0) is 4.79 Å². The number of halogens is 1. The van der Waals surface area contributed by atoms with Gasteiger partial charge >= 0.3 is 0 Å². The fraction of sp³-hybridized carbons (Fsp3) is 0.519. The SMILES string of the molecule is CC.CC(=O)N1CCC(NC2=C(Oc3ccc(Cl)cc3)CC=CC=C2)CC1C.CCCC. The van der Waals surface area contributed by atoms with E-state index in [-0.39, 0.29) is 11.9 Å². The summed E-state index contributed by atoms with van der Waals surface area (Å²) in [5, 5.41) is 4.32. The number of ether oxygens (including phenoxy) is 1. The van der Waals surface area contributed by atoms with E-state index in [1.165, 1.54) is 12.8 Å². The quantitative estimate of drug-likeness (QED) is 0.502. The second-order valence-corrected chi connectivity index (χ2v) is 8.25. The molecule has 5 heteroatoms. The lowest BCUT2D eigenvalue weighted by Gasteiger charge is -2.38. The van der Waals surface area contributed by atoms with Gasteiger partial charge < -0.3 is 15.0 Å². The smallest absolute Gasteiger partial charge is 0.219 e. The number of hydrogen-bond donors (Lipinski definition) is 1. The van der Waals surface area contributed by atoms with Gasteiger partial charge in [-0.05, 0) is 50.1 Å². The Labute approximate surface area is 200 Å². The van der Waals surface area contributed by atoms with E-state index in [0.29, 0.717) is 11.1 Å². The maximum absolute atomic E-state index is 11.7. The third kappa shape index (κ3) is 9.52. The minimum atomic E-state index is 0.153. The fourth-order valence-electron chi connectivity index (χ4n) is 3.47. The van der Waals surface area contributed by atoms with Gasteiger partial charge in [-0.1, -0.05) is 70.4 Å². The molecule has 4 nitrogen and oxygen atoms in total. The van der Waals surface area contributed by atoms with Crippen LogP contribution >= 0.6 is 11.6 Å². The van der Waals surface area contributed by atoms with Crippen LogP contribution in [0.5, 0.6) is 5.75 Å². The monoisotopic (exact) mass is 460 g/mol. The highest BCUT2D eigenvalue weighted by atomic mass is 35.5. The second-order valence-electron chi connectivity index (χ2n) is 7.81. The Kier molecular flexibility index (Phi) is 13.5. The molecule has 1 aliphatic carbocycles. The number of allylic oxidation sites excluding steroid dienone is 4. The average Bonchev–Trinajstić information content (AvgIpc) is 3.01. The summed E-state index contributed by atoms with van der Waals surface area (Å²) < 4.78 is 6.12. The third-order valence-electron chi connectivity index (χ3n) is 5.31. The number of unbranched alkanes of at least 4 members (excludes halogenated alkanes) is 1. The Morgan fingerprint density at radius 3 is 2.38 bits per heavy atom. The van der Waals surface area contributed by atoms with Gasteiger partial charge in [-0.25, -0.2) is 0 Å². The van der Waals surface area contributed by atoms with Crippen LogP contribution < -0.4 is 10.1 Å². The Morgan fingerprint density at radius 2 is 1.81 bits per heavy atom. The standard InChI is InChI=1S/C21H25ClN2O2.C4H10.C2H6/c1-15-14-18(12-13-24(15)16(2)25)23-20-6-4-3-5-7-21(20)26-19-10-8-17(22)9-11-19;1-3-4-2;1-2/h3-6,8-11,15,18,23H,7,12-14H2,1-2H3;3-4H2,1-2H3;1-2H3. The lowest BCUT2D eigenvalue weighted by molar-refractivity contribution is -0.132. The van der Waals surface area contributed by atoms with Crippen LogP contribution in [-0.4, -0.2) is 29.4 Å². The highest BCUT2D eigenvalue weighted by molar-refractivity contribution is 6.30. The van der Waals surface area contributed by atoms with Gasteiger partial charge in [0.15, 0.2) is 0 Å². The van der Waals surface area contributed by atoms with Crippen molar-refractivity contribution in [2.45, 2.75) is 85.7 Å². The van der Waals surface area contributed by atoms with Crippen molar-refractivity contribution in [3.05, 3.63) is 65.0 Å². The van der Waals surface area contributed by atoms with Gasteiger partial charge in [0.2, 0.25) is 5.91 Å². The van der Waals surface area contributed by atoms with Crippen molar-refractivity contribution in [3.63, 3.8) is 0 Å². The van der Waals surface area contributed by atoms with Crippen LogP contribution in [0.3, 0.4) is 0 Å². The minimum absolute atomic E-state index is 0.153. The molecule has 1 heterocycles. The number of benzene rings is 1. The van der Waals surface area contributed by atoms with E-state index in [9.17, 15) is 4.79 Å². The number of nitrogens with zero attached hydrogens (tertiary/aromatic N) is 1. The molecule has 2 atom stereocenters. The first kappa shape index (κ1) is 27.8. The van der Waals surface area contributed by atoms with Gasteiger partial charge in [0.25, 0.3) is 0 Å². The van der Waals surface area contributed by atoms with Crippen molar-refractivity contribution in [2.24, 2.45) is 0 Å². The Morgan fingerprint density at radius 1 is 1.16 bits per heavy atom. The minimum Gasteiger partial charge on any atom is -0.459 e. The van der Waals surface area contributed by atoms with Crippen molar-refractivity contribution in [1.29, 1.82) is 0 Å². The highest BCUT2D eigenvalue weighted by Gasteiger charge is 2.27. The maximum Gasteiger partial charge on any atom is 0.219 e. The fourth-order valence-corrected chi connectivity index (χ4v) is 3.60. The Balaban J connectivity index is 0.000000769. The summed E-state index contributed by atoms with van der Waals surface area (Å²) in [6.45, 7) is 12.9. The molecule has 0 spiro atoms. The summed E-state index contributed by atoms with van der Waals surface area (Å²) in [6, 6.07) is 7.96. The van der Waals surface area contributed by atoms with E-state index in [1.54, 1.807) is 6.92 Å². The lowest BCUT2D eigenvalue weighted by atomic mass is 9.97. The van der Waals surface area contributed by atoms with E-state index in [0.717, 1.165) is 43.0 Å². The topological polar surface area (TPSA) is 41.6 Å². The largest absolute Gasteiger partial charge is 0.459 e. The number of nitrogens with one attached hydrogen (secondary N) is 1. The number of hydrogen-bond acceptors (Lipinski definition) is 3. The summed E-state index contributed by atoms with van der Waals surface area (Å²) in [5.41, 5.74) is 0.999. The van der Waals surface area contributed by atoms with Gasteiger partial charge in [-0.2, -0.15) is 0 Å². The van der Waals surface area contributed by atoms with Gasteiger partial charge in [-0.3, -0.25) is 4.79 Å². The molecule has 1 aliphatic heterocycles. The highest BCUT2D eigenvalue weighted by Crippen LogP contribution is 2.24. The van der Waals surface area contributed by atoms with E-state index in [1.807, 2.05) is 55.2 Å².